The van der Waals surface area contributed by atoms with Crippen LogP contribution < -0.4 is 9.80 Å². The van der Waals surface area contributed by atoms with E-state index in [-0.39, 0.29) is 11.7 Å². The maximum atomic E-state index is 15.2. The van der Waals surface area contributed by atoms with Gasteiger partial charge in [-0.15, -0.1) is 0 Å². The molecule has 1 aliphatic carbocycles. The van der Waals surface area contributed by atoms with Gasteiger partial charge in [-0.25, -0.2) is 13.8 Å². The summed E-state index contributed by atoms with van der Waals surface area (Å²) in [7, 11) is 1.82. The van der Waals surface area contributed by atoms with Crippen LogP contribution in [0, 0.1) is 23.5 Å². The van der Waals surface area contributed by atoms with E-state index in [1.165, 1.54) is 31.4 Å². The van der Waals surface area contributed by atoms with Gasteiger partial charge >= 0.3 is 0 Å². The number of halogens is 2. The van der Waals surface area contributed by atoms with E-state index in [0.717, 1.165) is 42.4 Å². The Balaban J connectivity index is 1.39. The number of nitrogens with one attached hydrogen (secondary N) is 1. The number of benzene rings is 2. The molecule has 3 atom stereocenters. The molecule has 170 valence electrons. The molecule has 0 spiro atoms. The average Bonchev–Trinajstić information content (AvgIpc) is 3.43. The number of fused-ring (bicyclic) bond motifs is 1. The Labute approximate surface area is 188 Å². The van der Waals surface area contributed by atoms with Gasteiger partial charge in [-0.2, -0.15) is 0 Å². The molecule has 1 aromatic heterocycles. The van der Waals surface area contributed by atoms with E-state index in [4.69, 9.17) is 0 Å². The molecule has 1 saturated heterocycles. The number of anilines is 2. The smallest absolute Gasteiger partial charge is 0.151 e. The first-order valence-electron chi connectivity index (χ1n) is 11.9. The first kappa shape index (κ1) is 21.2. The van der Waals surface area contributed by atoms with Crippen molar-refractivity contribution in [3.8, 4) is 0 Å². The van der Waals surface area contributed by atoms with Gasteiger partial charge in [0.05, 0.1) is 23.4 Å². The Hall–Kier alpha value is -2.63. The molecule has 2 aromatic carbocycles. The molecule has 5 rings (SSSR count). The topological polar surface area (TPSA) is 35.2 Å². The molecular formula is C26H32F2N4. The molecule has 6 heteroatoms. The SMILES string of the molecule is CC1CCCCC1CN(C)c1c(F)cc(N2CCCC2c2ccc3nc[nH]c3c2)cc1F. The summed E-state index contributed by atoms with van der Waals surface area (Å²) in [6.07, 6.45) is 8.48. The summed E-state index contributed by atoms with van der Waals surface area (Å²) in [4.78, 5) is 11.4. The minimum Gasteiger partial charge on any atom is -0.370 e. The zero-order valence-corrected chi connectivity index (χ0v) is 19.0. The quantitative estimate of drug-likeness (QED) is 0.497. The van der Waals surface area contributed by atoms with Crippen molar-refractivity contribution in [1.82, 2.24) is 9.97 Å². The van der Waals surface area contributed by atoms with Crippen LogP contribution >= 0.6 is 0 Å². The number of nitrogens with zero attached hydrogens (tertiary/aromatic N) is 3. The van der Waals surface area contributed by atoms with Crippen molar-refractivity contribution in [1.29, 1.82) is 0 Å². The lowest BCUT2D eigenvalue weighted by molar-refractivity contribution is 0.260. The van der Waals surface area contributed by atoms with Crippen molar-refractivity contribution in [2.24, 2.45) is 11.8 Å². The second-order valence-corrected chi connectivity index (χ2v) is 9.69. The second kappa shape index (κ2) is 8.72. The van der Waals surface area contributed by atoms with Gasteiger partial charge in [0.2, 0.25) is 0 Å². The van der Waals surface area contributed by atoms with Crippen LogP contribution in [-0.2, 0) is 0 Å². The minimum absolute atomic E-state index is 0.0983. The lowest BCUT2D eigenvalue weighted by atomic mass is 9.80. The van der Waals surface area contributed by atoms with E-state index < -0.39 is 11.6 Å². The molecular weight excluding hydrogens is 406 g/mol. The van der Waals surface area contributed by atoms with Crippen LogP contribution in [0.25, 0.3) is 11.0 Å². The normalized spacial score (nSPS) is 23.8. The van der Waals surface area contributed by atoms with Gasteiger partial charge in [0, 0.05) is 25.8 Å². The fourth-order valence-electron chi connectivity index (χ4n) is 5.77. The molecule has 1 N–H and O–H groups in total. The van der Waals surface area contributed by atoms with Crippen molar-refractivity contribution >= 4 is 22.4 Å². The fourth-order valence-corrected chi connectivity index (χ4v) is 5.77. The Morgan fingerprint density at radius 2 is 1.84 bits per heavy atom. The van der Waals surface area contributed by atoms with E-state index >= 15 is 8.78 Å². The highest BCUT2D eigenvalue weighted by Crippen LogP contribution is 2.39. The van der Waals surface area contributed by atoms with Gasteiger partial charge in [0.15, 0.2) is 11.6 Å². The number of H-pyrrole nitrogens is 1. The van der Waals surface area contributed by atoms with E-state index in [1.807, 2.05) is 13.1 Å². The number of hydrogen-bond donors (Lipinski definition) is 1. The average molecular weight is 439 g/mol. The third-order valence-corrected chi connectivity index (χ3v) is 7.59. The van der Waals surface area contributed by atoms with Crippen LogP contribution in [0.4, 0.5) is 20.2 Å². The summed E-state index contributed by atoms with van der Waals surface area (Å²) < 4.78 is 30.5. The first-order valence-corrected chi connectivity index (χ1v) is 11.9. The molecule has 0 bridgehead atoms. The number of imidazole rings is 1. The molecule has 1 aliphatic heterocycles. The molecule has 2 fully saturated rings. The Kier molecular flexibility index (Phi) is 5.78. The molecule has 0 radical (unpaired) electrons. The molecule has 2 heterocycles. The second-order valence-electron chi connectivity index (χ2n) is 9.69. The molecule has 32 heavy (non-hydrogen) atoms. The highest BCUT2D eigenvalue weighted by atomic mass is 19.1. The Bertz CT molecular complexity index is 1070. The predicted molar refractivity (Wildman–Crippen MR) is 126 cm³/mol. The number of rotatable bonds is 5. The zero-order chi connectivity index (χ0) is 22.2. The molecule has 1 saturated carbocycles. The summed E-state index contributed by atoms with van der Waals surface area (Å²) in [5.74, 6) is 0.156. The van der Waals surface area contributed by atoms with E-state index in [1.54, 1.807) is 11.2 Å². The summed E-state index contributed by atoms with van der Waals surface area (Å²) in [5.41, 5.74) is 3.78. The third kappa shape index (κ3) is 3.96. The number of hydrogen-bond acceptors (Lipinski definition) is 3. The van der Waals surface area contributed by atoms with E-state index in [2.05, 4.69) is 33.9 Å². The largest absolute Gasteiger partial charge is 0.370 e. The van der Waals surface area contributed by atoms with Crippen LogP contribution in [0.15, 0.2) is 36.7 Å². The van der Waals surface area contributed by atoms with Crippen LogP contribution in [0.5, 0.6) is 0 Å². The van der Waals surface area contributed by atoms with Crippen molar-refractivity contribution < 1.29 is 8.78 Å². The third-order valence-electron chi connectivity index (χ3n) is 7.59. The Morgan fingerprint density at radius 1 is 1.06 bits per heavy atom. The van der Waals surface area contributed by atoms with E-state index in [9.17, 15) is 0 Å². The molecule has 3 aromatic rings. The van der Waals surface area contributed by atoms with E-state index in [0.29, 0.717) is 24.1 Å². The van der Waals surface area contributed by atoms with Crippen molar-refractivity contribution in [3.05, 3.63) is 53.9 Å². The van der Waals surface area contributed by atoms with Gasteiger partial charge < -0.3 is 14.8 Å². The summed E-state index contributed by atoms with van der Waals surface area (Å²) in [6.45, 7) is 3.76. The predicted octanol–water partition coefficient (Wildman–Crippen LogP) is 6.45. The molecule has 3 unspecified atom stereocenters. The fraction of sp³-hybridized carbons (Fsp3) is 0.500. The number of aromatic nitrogens is 2. The van der Waals surface area contributed by atoms with Gasteiger partial charge in [-0.05, 0) is 60.9 Å². The van der Waals surface area contributed by atoms with Gasteiger partial charge in [-0.1, -0.05) is 32.3 Å². The van der Waals surface area contributed by atoms with Crippen molar-refractivity contribution in [2.45, 2.75) is 51.5 Å². The van der Waals surface area contributed by atoms with Crippen LogP contribution in [-0.4, -0.2) is 30.1 Å². The van der Waals surface area contributed by atoms with Crippen molar-refractivity contribution in [3.63, 3.8) is 0 Å². The Morgan fingerprint density at radius 3 is 2.62 bits per heavy atom. The highest BCUT2D eigenvalue weighted by Gasteiger charge is 2.29. The molecule has 4 nitrogen and oxygen atoms in total. The lowest BCUT2D eigenvalue weighted by Crippen LogP contribution is -2.32. The monoisotopic (exact) mass is 438 g/mol. The van der Waals surface area contributed by atoms with Crippen molar-refractivity contribution in [2.75, 3.05) is 29.9 Å². The summed E-state index contributed by atoms with van der Waals surface area (Å²) in [5, 5.41) is 0. The minimum atomic E-state index is -0.472. The maximum Gasteiger partial charge on any atom is 0.151 e. The lowest BCUT2D eigenvalue weighted by Gasteiger charge is -2.34. The maximum absolute atomic E-state index is 15.2. The van der Waals surface area contributed by atoms with Gasteiger partial charge in [-0.3, -0.25) is 0 Å². The molecule has 0 amide bonds. The summed E-state index contributed by atoms with van der Waals surface area (Å²) >= 11 is 0. The first-order chi connectivity index (χ1) is 15.5. The molecule has 2 aliphatic rings. The van der Waals surface area contributed by atoms with Crippen LogP contribution in [0.2, 0.25) is 0 Å². The standard InChI is InChI=1S/C26H32F2N4/c1-17-6-3-4-7-19(17)15-31(2)26-21(27)13-20(14-22(26)28)32-11-5-8-25(32)18-9-10-23-24(12-18)30-16-29-23/h9-10,12-14,16-17,19,25H,3-8,11,15H2,1-2H3,(H,29,30). The summed E-state index contributed by atoms with van der Waals surface area (Å²) in [6, 6.07) is 9.33. The van der Waals surface area contributed by atoms with Crippen LogP contribution in [0.3, 0.4) is 0 Å². The van der Waals surface area contributed by atoms with Gasteiger partial charge in [0.25, 0.3) is 0 Å². The highest BCUT2D eigenvalue weighted by molar-refractivity contribution is 5.75. The number of aromatic amines is 1. The van der Waals surface area contributed by atoms with Crippen LogP contribution in [0.1, 0.15) is 57.1 Å². The zero-order valence-electron chi connectivity index (χ0n) is 19.0. The van der Waals surface area contributed by atoms with Gasteiger partial charge in [0.1, 0.15) is 5.69 Å².